The van der Waals surface area contributed by atoms with Gasteiger partial charge in [-0.1, -0.05) is 0 Å². The molecule has 0 bridgehead atoms. The van der Waals surface area contributed by atoms with Crippen molar-refractivity contribution in [2.75, 3.05) is 11.9 Å². The number of carbonyl (C=O) groups is 1. The average Bonchev–Trinajstić information content (AvgIpc) is 2.84. The SMILES string of the molecule is Cc1csc(CCNc2c(C(=O)O)c(C)nn2C)n1. The molecular formula is C12H16N4O2S. The Balaban J connectivity index is 2.05. The van der Waals surface area contributed by atoms with E-state index in [1.807, 2.05) is 12.3 Å². The van der Waals surface area contributed by atoms with Crippen molar-refractivity contribution in [1.29, 1.82) is 0 Å². The zero-order valence-corrected chi connectivity index (χ0v) is 11.9. The van der Waals surface area contributed by atoms with Gasteiger partial charge in [-0.25, -0.2) is 9.78 Å². The van der Waals surface area contributed by atoms with Gasteiger partial charge in [-0.3, -0.25) is 4.68 Å². The zero-order valence-electron chi connectivity index (χ0n) is 11.1. The smallest absolute Gasteiger partial charge is 0.341 e. The molecule has 0 aliphatic carbocycles. The van der Waals surface area contributed by atoms with Crippen LogP contribution in [0.5, 0.6) is 0 Å². The summed E-state index contributed by atoms with van der Waals surface area (Å²) in [4.78, 5) is 15.6. The topological polar surface area (TPSA) is 80.0 Å². The molecule has 2 aromatic heterocycles. The van der Waals surface area contributed by atoms with Crippen LogP contribution < -0.4 is 5.32 Å². The molecule has 102 valence electrons. The van der Waals surface area contributed by atoms with E-state index >= 15 is 0 Å². The van der Waals surface area contributed by atoms with Gasteiger partial charge in [0.25, 0.3) is 0 Å². The number of aromatic nitrogens is 3. The molecule has 0 aromatic carbocycles. The summed E-state index contributed by atoms with van der Waals surface area (Å²) in [6.07, 6.45) is 0.766. The lowest BCUT2D eigenvalue weighted by atomic mass is 10.2. The number of hydrogen-bond acceptors (Lipinski definition) is 5. The van der Waals surface area contributed by atoms with Gasteiger partial charge < -0.3 is 10.4 Å². The summed E-state index contributed by atoms with van der Waals surface area (Å²) in [6.45, 7) is 4.28. The molecule has 19 heavy (non-hydrogen) atoms. The molecule has 0 unspecified atom stereocenters. The lowest BCUT2D eigenvalue weighted by Crippen LogP contribution is -2.12. The van der Waals surface area contributed by atoms with E-state index in [0.717, 1.165) is 17.1 Å². The minimum absolute atomic E-state index is 0.234. The van der Waals surface area contributed by atoms with Crippen molar-refractivity contribution in [2.45, 2.75) is 20.3 Å². The molecule has 0 saturated carbocycles. The molecular weight excluding hydrogens is 264 g/mol. The van der Waals surface area contributed by atoms with Gasteiger partial charge in [-0.05, 0) is 13.8 Å². The quantitative estimate of drug-likeness (QED) is 0.873. The Morgan fingerprint density at radius 3 is 2.84 bits per heavy atom. The third-order valence-corrected chi connectivity index (χ3v) is 3.76. The van der Waals surface area contributed by atoms with Gasteiger partial charge in [0.15, 0.2) is 0 Å². The number of rotatable bonds is 5. The third-order valence-electron chi connectivity index (χ3n) is 2.73. The first kappa shape index (κ1) is 13.5. The van der Waals surface area contributed by atoms with E-state index < -0.39 is 5.97 Å². The number of anilines is 1. The van der Waals surface area contributed by atoms with E-state index in [4.69, 9.17) is 0 Å². The molecule has 0 fully saturated rings. The molecule has 2 N–H and O–H groups in total. The molecule has 2 aromatic rings. The van der Waals surface area contributed by atoms with Crippen LogP contribution in [-0.4, -0.2) is 32.4 Å². The Bertz CT molecular complexity index is 603. The van der Waals surface area contributed by atoms with Crippen molar-refractivity contribution >= 4 is 23.1 Å². The predicted molar refractivity (Wildman–Crippen MR) is 73.9 cm³/mol. The fourth-order valence-corrected chi connectivity index (χ4v) is 2.70. The Morgan fingerprint density at radius 2 is 2.26 bits per heavy atom. The van der Waals surface area contributed by atoms with E-state index in [9.17, 15) is 9.90 Å². The van der Waals surface area contributed by atoms with Gasteiger partial charge in [0.1, 0.15) is 11.4 Å². The molecule has 7 heteroatoms. The van der Waals surface area contributed by atoms with Crippen molar-refractivity contribution < 1.29 is 9.90 Å². The number of aryl methyl sites for hydroxylation is 3. The van der Waals surface area contributed by atoms with Crippen molar-refractivity contribution in [3.05, 3.63) is 27.3 Å². The maximum Gasteiger partial charge on any atom is 0.341 e. The van der Waals surface area contributed by atoms with Crippen LogP contribution in [-0.2, 0) is 13.5 Å². The van der Waals surface area contributed by atoms with E-state index in [-0.39, 0.29) is 5.56 Å². The van der Waals surface area contributed by atoms with Crippen LogP contribution >= 0.6 is 11.3 Å². The number of carboxylic acid groups (broad SMARTS) is 1. The summed E-state index contributed by atoms with van der Waals surface area (Å²) in [6, 6.07) is 0. The minimum Gasteiger partial charge on any atom is -0.477 e. The fourth-order valence-electron chi connectivity index (χ4n) is 1.92. The highest BCUT2D eigenvalue weighted by Gasteiger charge is 2.19. The van der Waals surface area contributed by atoms with Gasteiger partial charge in [-0.2, -0.15) is 5.10 Å². The van der Waals surface area contributed by atoms with Crippen LogP contribution in [0.25, 0.3) is 0 Å². The standard InChI is InChI=1S/C12H16N4O2S/c1-7-6-19-9(14-7)4-5-13-11-10(12(17)18)8(2)15-16(11)3/h6,13H,4-5H2,1-3H3,(H,17,18). The van der Waals surface area contributed by atoms with Crippen LogP contribution in [0.3, 0.4) is 0 Å². The summed E-state index contributed by atoms with van der Waals surface area (Å²) in [7, 11) is 1.73. The minimum atomic E-state index is -0.960. The molecule has 0 amide bonds. The molecule has 2 rings (SSSR count). The Morgan fingerprint density at radius 1 is 1.53 bits per heavy atom. The average molecular weight is 280 g/mol. The monoisotopic (exact) mass is 280 g/mol. The second kappa shape index (κ2) is 5.40. The number of nitrogens with zero attached hydrogens (tertiary/aromatic N) is 3. The van der Waals surface area contributed by atoms with E-state index in [1.54, 1.807) is 30.0 Å². The summed E-state index contributed by atoms with van der Waals surface area (Å²) in [5.41, 5.74) is 1.77. The highest BCUT2D eigenvalue weighted by atomic mass is 32.1. The van der Waals surface area contributed by atoms with Gasteiger partial charge in [0.2, 0.25) is 0 Å². The molecule has 0 atom stereocenters. The maximum absolute atomic E-state index is 11.2. The first-order chi connectivity index (χ1) is 8.99. The summed E-state index contributed by atoms with van der Waals surface area (Å²) in [5.74, 6) is -0.420. The Hall–Kier alpha value is -1.89. The summed E-state index contributed by atoms with van der Waals surface area (Å²) in [5, 5.41) is 19.5. The molecule has 0 aliphatic rings. The van der Waals surface area contributed by atoms with Gasteiger partial charge in [-0.15, -0.1) is 11.3 Å². The number of nitrogens with one attached hydrogen (secondary N) is 1. The predicted octanol–water partition coefficient (Wildman–Crippen LogP) is 1.85. The van der Waals surface area contributed by atoms with Gasteiger partial charge in [0.05, 0.1) is 10.7 Å². The molecule has 0 saturated heterocycles. The second-order valence-electron chi connectivity index (χ2n) is 4.30. The number of thiazole rings is 1. The first-order valence-corrected chi connectivity index (χ1v) is 6.78. The van der Waals surface area contributed by atoms with Crippen molar-refractivity contribution in [3.8, 4) is 0 Å². The van der Waals surface area contributed by atoms with Crippen LogP contribution in [0.1, 0.15) is 26.8 Å². The van der Waals surface area contributed by atoms with Gasteiger partial charge >= 0.3 is 5.97 Å². The summed E-state index contributed by atoms with van der Waals surface area (Å²) >= 11 is 1.61. The van der Waals surface area contributed by atoms with Gasteiger partial charge in [0, 0.05) is 31.1 Å². The highest BCUT2D eigenvalue weighted by molar-refractivity contribution is 7.09. The maximum atomic E-state index is 11.2. The Kier molecular flexibility index (Phi) is 3.84. The molecule has 6 nitrogen and oxygen atoms in total. The molecule has 0 aliphatic heterocycles. The van der Waals surface area contributed by atoms with E-state index in [2.05, 4.69) is 15.4 Å². The highest BCUT2D eigenvalue weighted by Crippen LogP contribution is 2.18. The van der Waals surface area contributed by atoms with Crippen LogP contribution in [0.2, 0.25) is 0 Å². The normalized spacial score (nSPS) is 10.7. The Labute approximate surface area is 115 Å². The second-order valence-corrected chi connectivity index (χ2v) is 5.24. The fraction of sp³-hybridized carbons (Fsp3) is 0.417. The number of aromatic carboxylic acids is 1. The van der Waals surface area contributed by atoms with E-state index in [1.165, 1.54) is 0 Å². The molecule has 2 heterocycles. The molecule has 0 spiro atoms. The molecule has 0 radical (unpaired) electrons. The van der Waals surface area contributed by atoms with E-state index in [0.29, 0.717) is 18.1 Å². The number of carboxylic acids is 1. The van der Waals surface area contributed by atoms with Crippen LogP contribution in [0.15, 0.2) is 5.38 Å². The third kappa shape index (κ3) is 2.93. The number of hydrogen-bond donors (Lipinski definition) is 2. The van der Waals surface area contributed by atoms with Crippen LogP contribution in [0, 0.1) is 13.8 Å². The van der Waals surface area contributed by atoms with Crippen molar-refractivity contribution in [2.24, 2.45) is 7.05 Å². The van der Waals surface area contributed by atoms with Crippen molar-refractivity contribution in [1.82, 2.24) is 14.8 Å². The summed E-state index contributed by atoms with van der Waals surface area (Å²) < 4.78 is 1.56. The largest absolute Gasteiger partial charge is 0.477 e. The zero-order chi connectivity index (χ0) is 14.0. The van der Waals surface area contributed by atoms with Crippen molar-refractivity contribution in [3.63, 3.8) is 0 Å². The van der Waals surface area contributed by atoms with Crippen LogP contribution in [0.4, 0.5) is 5.82 Å². The lowest BCUT2D eigenvalue weighted by molar-refractivity contribution is 0.0697. The lowest BCUT2D eigenvalue weighted by Gasteiger charge is -2.06. The first-order valence-electron chi connectivity index (χ1n) is 5.90.